The first-order valence-electron chi connectivity index (χ1n) is 6.73. The number of nitrogens with zero attached hydrogens (tertiary/aromatic N) is 2. The Kier molecular flexibility index (Phi) is 3.75. The van der Waals surface area contributed by atoms with Crippen LogP contribution >= 0.6 is 0 Å². The average Bonchev–Trinajstić information content (AvgIpc) is 2.35. The van der Waals surface area contributed by atoms with E-state index in [1.807, 2.05) is 6.92 Å². The van der Waals surface area contributed by atoms with E-state index >= 15 is 0 Å². The van der Waals surface area contributed by atoms with Crippen LogP contribution in [-0.4, -0.2) is 49.2 Å². The van der Waals surface area contributed by atoms with Gasteiger partial charge in [0, 0.05) is 20.1 Å². The molecule has 7 heteroatoms. The second-order valence-corrected chi connectivity index (χ2v) is 7.73. The minimum Gasteiger partial charge on any atom is -0.398 e. The molecular formula is C14H21N3O3S. The van der Waals surface area contributed by atoms with Crippen LogP contribution in [0.15, 0.2) is 23.1 Å². The van der Waals surface area contributed by atoms with Crippen molar-refractivity contribution >= 4 is 21.6 Å². The highest BCUT2D eigenvalue weighted by Gasteiger charge is 2.47. The third kappa shape index (κ3) is 2.51. The zero-order valence-electron chi connectivity index (χ0n) is 12.8. The van der Waals surface area contributed by atoms with Gasteiger partial charge >= 0.3 is 0 Å². The smallest absolute Gasteiger partial charge is 0.246 e. The lowest BCUT2D eigenvalue weighted by Gasteiger charge is -2.43. The topological polar surface area (TPSA) is 83.7 Å². The molecule has 0 aromatic heterocycles. The molecular weight excluding hydrogens is 290 g/mol. The Bertz CT molecular complexity index is 683. The van der Waals surface area contributed by atoms with Gasteiger partial charge in [0.25, 0.3) is 0 Å². The van der Waals surface area contributed by atoms with Crippen molar-refractivity contribution in [2.24, 2.45) is 0 Å². The van der Waals surface area contributed by atoms with Crippen LogP contribution in [0.1, 0.15) is 19.4 Å². The fraction of sp³-hybridized carbons (Fsp3) is 0.500. The number of rotatable bonds is 2. The highest BCUT2D eigenvalue weighted by Crippen LogP contribution is 2.31. The summed E-state index contributed by atoms with van der Waals surface area (Å²) in [6.07, 6.45) is 0. The molecule has 2 N–H and O–H groups in total. The van der Waals surface area contributed by atoms with Crippen molar-refractivity contribution in [2.75, 3.05) is 25.9 Å². The SMILES string of the molecule is Cc1ccc(S(=O)(=O)N2CCN(C)C(=O)C2(C)C)c(N)c1. The van der Waals surface area contributed by atoms with Crippen LogP contribution in [0, 0.1) is 6.92 Å². The predicted octanol–water partition coefficient (Wildman–Crippen LogP) is 0.819. The summed E-state index contributed by atoms with van der Waals surface area (Å²) >= 11 is 0. The van der Waals surface area contributed by atoms with Gasteiger partial charge in [0.1, 0.15) is 10.4 Å². The number of piperazine rings is 1. The lowest BCUT2D eigenvalue weighted by molar-refractivity contribution is -0.142. The molecule has 6 nitrogen and oxygen atoms in total. The first kappa shape index (κ1) is 15.8. The number of nitrogens with two attached hydrogens (primary N) is 1. The number of amides is 1. The van der Waals surface area contributed by atoms with Crippen LogP contribution in [-0.2, 0) is 14.8 Å². The molecule has 0 spiro atoms. The maximum absolute atomic E-state index is 12.9. The van der Waals surface area contributed by atoms with Crippen molar-refractivity contribution in [1.29, 1.82) is 0 Å². The zero-order valence-corrected chi connectivity index (χ0v) is 13.6. The quantitative estimate of drug-likeness (QED) is 0.820. The minimum absolute atomic E-state index is 0.0542. The summed E-state index contributed by atoms with van der Waals surface area (Å²) in [5, 5.41) is 0. The molecule has 1 aliphatic rings. The second-order valence-electron chi connectivity index (χ2n) is 5.90. The molecule has 1 aliphatic heterocycles. The van der Waals surface area contributed by atoms with E-state index in [-0.39, 0.29) is 23.0 Å². The molecule has 0 aliphatic carbocycles. The highest BCUT2D eigenvalue weighted by molar-refractivity contribution is 7.89. The van der Waals surface area contributed by atoms with Crippen LogP contribution in [0.3, 0.4) is 0 Å². The summed E-state index contributed by atoms with van der Waals surface area (Å²) < 4.78 is 27.0. The van der Waals surface area contributed by atoms with Crippen molar-refractivity contribution < 1.29 is 13.2 Å². The van der Waals surface area contributed by atoms with E-state index in [9.17, 15) is 13.2 Å². The monoisotopic (exact) mass is 311 g/mol. The summed E-state index contributed by atoms with van der Waals surface area (Å²) in [5.74, 6) is -0.219. The van der Waals surface area contributed by atoms with E-state index in [4.69, 9.17) is 5.73 Å². The Morgan fingerprint density at radius 2 is 1.86 bits per heavy atom. The Hall–Kier alpha value is -1.60. The zero-order chi connectivity index (χ0) is 16.0. The van der Waals surface area contributed by atoms with Crippen LogP contribution in [0.4, 0.5) is 5.69 Å². The number of nitrogen functional groups attached to an aromatic ring is 1. The first-order chi connectivity index (χ1) is 9.58. The second kappa shape index (κ2) is 4.99. The molecule has 0 bridgehead atoms. The number of hydrogen-bond acceptors (Lipinski definition) is 4. The molecule has 0 unspecified atom stereocenters. The largest absolute Gasteiger partial charge is 0.398 e. The van der Waals surface area contributed by atoms with Gasteiger partial charge in [-0.3, -0.25) is 4.79 Å². The van der Waals surface area contributed by atoms with Crippen molar-refractivity contribution in [1.82, 2.24) is 9.21 Å². The van der Waals surface area contributed by atoms with Crippen LogP contribution in [0.5, 0.6) is 0 Å². The van der Waals surface area contributed by atoms with Crippen molar-refractivity contribution in [3.8, 4) is 0 Å². The molecule has 1 heterocycles. The van der Waals surface area contributed by atoms with Gasteiger partial charge in [-0.2, -0.15) is 4.31 Å². The van der Waals surface area contributed by atoms with E-state index in [0.717, 1.165) is 5.56 Å². The highest BCUT2D eigenvalue weighted by atomic mass is 32.2. The molecule has 0 atom stereocenters. The normalized spacial score (nSPS) is 19.8. The van der Waals surface area contributed by atoms with E-state index in [1.54, 1.807) is 37.9 Å². The fourth-order valence-corrected chi connectivity index (χ4v) is 4.47. The molecule has 1 amide bonds. The Morgan fingerprint density at radius 1 is 1.24 bits per heavy atom. The molecule has 1 aromatic rings. The number of hydrogen-bond donors (Lipinski definition) is 1. The Morgan fingerprint density at radius 3 is 2.43 bits per heavy atom. The van der Waals surface area contributed by atoms with Crippen LogP contribution < -0.4 is 5.73 Å². The Balaban J connectivity index is 2.51. The standard InChI is InChI=1S/C14H21N3O3S/c1-10-5-6-12(11(15)9-10)21(19,20)17-8-7-16(4)13(18)14(17,2)3/h5-6,9H,7-8,15H2,1-4H3. The molecule has 116 valence electrons. The van der Waals surface area contributed by atoms with Gasteiger partial charge in [-0.15, -0.1) is 0 Å². The number of likely N-dealkylation sites (N-methyl/N-ethyl adjacent to an activating group) is 1. The number of carbonyl (C=O) groups is 1. The van der Waals surface area contributed by atoms with Crippen molar-refractivity contribution in [2.45, 2.75) is 31.2 Å². The number of anilines is 1. The van der Waals surface area contributed by atoms with E-state index < -0.39 is 15.6 Å². The number of sulfonamides is 1. The fourth-order valence-electron chi connectivity index (χ4n) is 2.64. The van der Waals surface area contributed by atoms with Gasteiger partial charge in [-0.25, -0.2) is 8.42 Å². The number of aryl methyl sites for hydroxylation is 1. The Labute approximate surface area is 125 Å². The van der Waals surface area contributed by atoms with Gasteiger partial charge in [-0.05, 0) is 38.5 Å². The van der Waals surface area contributed by atoms with E-state index in [0.29, 0.717) is 6.54 Å². The van der Waals surface area contributed by atoms with Crippen LogP contribution in [0.2, 0.25) is 0 Å². The van der Waals surface area contributed by atoms with Crippen LogP contribution in [0.25, 0.3) is 0 Å². The number of benzene rings is 1. The van der Waals surface area contributed by atoms with Crippen molar-refractivity contribution in [3.05, 3.63) is 23.8 Å². The predicted molar refractivity (Wildman–Crippen MR) is 81.2 cm³/mol. The molecule has 21 heavy (non-hydrogen) atoms. The lowest BCUT2D eigenvalue weighted by Crippen LogP contribution is -2.63. The van der Waals surface area contributed by atoms with Gasteiger partial charge < -0.3 is 10.6 Å². The third-order valence-corrected chi connectivity index (χ3v) is 6.01. The molecule has 0 saturated carbocycles. The molecule has 0 radical (unpaired) electrons. The molecule has 1 aromatic carbocycles. The van der Waals surface area contributed by atoms with Crippen molar-refractivity contribution in [3.63, 3.8) is 0 Å². The lowest BCUT2D eigenvalue weighted by atomic mass is 10.0. The molecule has 1 fully saturated rings. The maximum Gasteiger partial charge on any atom is 0.246 e. The van der Waals surface area contributed by atoms with Gasteiger partial charge in [-0.1, -0.05) is 6.07 Å². The van der Waals surface area contributed by atoms with Gasteiger partial charge in [0.05, 0.1) is 5.69 Å². The van der Waals surface area contributed by atoms with E-state index in [2.05, 4.69) is 0 Å². The summed E-state index contributed by atoms with van der Waals surface area (Å²) in [5.41, 5.74) is 5.84. The average molecular weight is 311 g/mol. The molecule has 1 saturated heterocycles. The summed E-state index contributed by atoms with van der Waals surface area (Å²) in [7, 11) is -2.14. The maximum atomic E-state index is 12.9. The summed E-state index contributed by atoms with van der Waals surface area (Å²) in [4.78, 5) is 13.9. The van der Waals surface area contributed by atoms with Gasteiger partial charge in [0.15, 0.2) is 0 Å². The third-order valence-electron chi connectivity index (χ3n) is 3.87. The molecule has 2 rings (SSSR count). The minimum atomic E-state index is -3.81. The first-order valence-corrected chi connectivity index (χ1v) is 8.17. The van der Waals surface area contributed by atoms with Gasteiger partial charge in [0.2, 0.25) is 15.9 Å². The summed E-state index contributed by atoms with van der Waals surface area (Å²) in [6.45, 7) is 5.70. The number of carbonyl (C=O) groups excluding carboxylic acids is 1. The van der Waals surface area contributed by atoms with E-state index in [1.165, 1.54) is 10.4 Å². The summed E-state index contributed by atoms with van der Waals surface area (Å²) in [6, 6.07) is 4.82.